The number of methoxy groups -OCH3 is 1. The van der Waals surface area contributed by atoms with E-state index in [1.54, 1.807) is 12.1 Å². The number of rotatable bonds is 11. The zero-order valence-corrected chi connectivity index (χ0v) is 30.6. The smallest absolute Gasteiger partial charge is 0.323 e. The molecule has 2 fully saturated rings. The number of aromatic nitrogens is 1. The molecule has 4 aromatic rings. The summed E-state index contributed by atoms with van der Waals surface area (Å²) in [5, 5.41) is 10.5. The summed E-state index contributed by atoms with van der Waals surface area (Å²) in [6.45, 7) is 9.56. The van der Waals surface area contributed by atoms with Crippen molar-refractivity contribution in [2.45, 2.75) is 51.6 Å². The molecule has 1 saturated carbocycles. The van der Waals surface area contributed by atoms with Crippen LogP contribution < -0.4 is 25.0 Å². The summed E-state index contributed by atoms with van der Waals surface area (Å²) in [5.74, 6) is -0.291. The Bertz CT molecular complexity index is 2020. The van der Waals surface area contributed by atoms with Crippen molar-refractivity contribution in [1.29, 1.82) is 0 Å². The molecule has 0 spiro atoms. The molecular weight excluding hydrogens is 669 g/mol. The zero-order chi connectivity index (χ0) is 36.3. The minimum Gasteiger partial charge on any atom is -0.492 e. The summed E-state index contributed by atoms with van der Waals surface area (Å²) in [6.07, 6.45) is 4.67. The molecule has 270 valence electrons. The number of ether oxygens (including phenoxy) is 2. The van der Waals surface area contributed by atoms with Crippen LogP contribution in [0.2, 0.25) is 0 Å². The number of amides is 3. The molecule has 3 amide bonds. The monoisotopic (exact) mass is 714 g/mol. The van der Waals surface area contributed by atoms with Crippen molar-refractivity contribution < 1.29 is 27.5 Å². The van der Waals surface area contributed by atoms with Crippen molar-refractivity contribution in [2.75, 3.05) is 61.2 Å². The molecule has 1 aliphatic carbocycles. The van der Waals surface area contributed by atoms with Gasteiger partial charge in [0.1, 0.15) is 6.54 Å². The van der Waals surface area contributed by atoms with Gasteiger partial charge >= 0.3 is 6.03 Å². The second kappa shape index (κ2) is 14.9. The van der Waals surface area contributed by atoms with Gasteiger partial charge in [-0.05, 0) is 59.0 Å². The van der Waals surface area contributed by atoms with E-state index in [0.29, 0.717) is 5.69 Å². The number of hydrogen-bond donors (Lipinski definition) is 3. The fourth-order valence-corrected chi connectivity index (χ4v) is 7.00. The van der Waals surface area contributed by atoms with E-state index in [4.69, 9.17) is 14.5 Å². The number of fused-ring (bicyclic) bond motifs is 1. The Morgan fingerprint density at radius 1 is 0.980 bits per heavy atom. The number of nitrogens with zero attached hydrogens (tertiary/aromatic N) is 3. The maximum absolute atomic E-state index is 13.7. The number of morpholine rings is 1. The first-order valence-corrected chi connectivity index (χ1v) is 19.0. The number of urea groups is 1. The van der Waals surface area contributed by atoms with Gasteiger partial charge in [-0.2, -0.15) is 0 Å². The van der Waals surface area contributed by atoms with Crippen LogP contribution in [-0.2, 0) is 31.5 Å². The van der Waals surface area contributed by atoms with Gasteiger partial charge in [-0.3, -0.25) is 19.0 Å². The SMILES string of the molecule is COc1c(NC(=O)Nc2ccc(-c3ccc(CN4CCOCC4)nc3)c3ccccc23)cc(C(C)(C)C)cc1N(CC(=O)NC1CC1)S(C)(=O)=O. The highest BCUT2D eigenvalue weighted by Crippen LogP contribution is 2.42. The quantitative estimate of drug-likeness (QED) is 0.179. The highest BCUT2D eigenvalue weighted by atomic mass is 32.2. The van der Waals surface area contributed by atoms with Crippen LogP contribution in [-0.4, -0.2) is 82.5 Å². The lowest BCUT2D eigenvalue weighted by atomic mass is 9.86. The van der Waals surface area contributed by atoms with Crippen molar-refractivity contribution >= 4 is 49.8 Å². The lowest BCUT2D eigenvalue weighted by molar-refractivity contribution is -0.119. The average Bonchev–Trinajstić information content (AvgIpc) is 3.91. The standard InChI is InChI=1S/C38H46N6O6S/c1-38(2,3)26-20-33(36(49-4)34(21-26)44(51(5,47)48)24-35(45)40-27-12-13-27)42-37(46)41-32-15-14-29(30-8-6-7-9-31(30)32)25-10-11-28(39-22-25)23-43-16-18-50-19-17-43/h6-11,14-15,20-22,27H,12-13,16-19,23-24H2,1-5H3,(H,40,45)(H2,41,42,46). The first-order chi connectivity index (χ1) is 24.3. The number of carbonyl (C=O) groups excluding carboxylic acids is 2. The molecule has 3 N–H and O–H groups in total. The highest BCUT2D eigenvalue weighted by molar-refractivity contribution is 7.92. The lowest BCUT2D eigenvalue weighted by Gasteiger charge is -2.29. The van der Waals surface area contributed by atoms with Crippen molar-refractivity contribution in [3.05, 3.63) is 78.1 Å². The number of hydrogen-bond acceptors (Lipinski definition) is 8. The molecule has 1 saturated heterocycles. The normalized spacial score (nSPS) is 15.3. The van der Waals surface area contributed by atoms with Crippen LogP contribution in [0, 0.1) is 0 Å². The predicted molar refractivity (Wildman–Crippen MR) is 201 cm³/mol. The third-order valence-electron chi connectivity index (χ3n) is 9.08. The molecule has 0 bridgehead atoms. The maximum Gasteiger partial charge on any atom is 0.323 e. The number of carbonyl (C=O) groups is 2. The Morgan fingerprint density at radius 2 is 1.69 bits per heavy atom. The van der Waals surface area contributed by atoms with Gasteiger partial charge in [-0.25, -0.2) is 13.2 Å². The van der Waals surface area contributed by atoms with Gasteiger partial charge in [0.25, 0.3) is 0 Å². The first-order valence-electron chi connectivity index (χ1n) is 17.1. The van der Waals surface area contributed by atoms with E-state index in [2.05, 4.69) is 33.0 Å². The number of nitrogens with one attached hydrogen (secondary N) is 3. The molecule has 2 heterocycles. The van der Waals surface area contributed by atoms with E-state index in [1.165, 1.54) is 7.11 Å². The Hall–Kier alpha value is -4.72. The predicted octanol–water partition coefficient (Wildman–Crippen LogP) is 5.73. The Kier molecular flexibility index (Phi) is 10.5. The maximum atomic E-state index is 13.7. The molecule has 51 heavy (non-hydrogen) atoms. The minimum absolute atomic E-state index is 0.0653. The molecule has 13 heteroatoms. The molecule has 2 aliphatic rings. The summed E-state index contributed by atoms with van der Waals surface area (Å²) in [4.78, 5) is 33.6. The largest absolute Gasteiger partial charge is 0.492 e. The first kappa shape index (κ1) is 36.1. The summed E-state index contributed by atoms with van der Waals surface area (Å²) < 4.78 is 38.4. The minimum atomic E-state index is -3.92. The van der Waals surface area contributed by atoms with Crippen LogP contribution in [0.15, 0.2) is 66.9 Å². The van der Waals surface area contributed by atoms with E-state index in [1.807, 2.05) is 63.4 Å². The third-order valence-corrected chi connectivity index (χ3v) is 10.2. The van der Waals surface area contributed by atoms with Crippen molar-refractivity contribution in [3.63, 3.8) is 0 Å². The van der Waals surface area contributed by atoms with Gasteiger partial charge < -0.3 is 25.4 Å². The molecule has 1 aromatic heterocycles. The Balaban J connectivity index is 1.27. The van der Waals surface area contributed by atoms with Crippen molar-refractivity contribution in [1.82, 2.24) is 15.2 Å². The number of benzene rings is 3. The van der Waals surface area contributed by atoms with Gasteiger partial charge in [-0.15, -0.1) is 0 Å². The fourth-order valence-electron chi connectivity index (χ4n) is 6.15. The second-order valence-corrected chi connectivity index (χ2v) is 16.1. The van der Waals surface area contributed by atoms with Crippen molar-refractivity contribution in [2.24, 2.45) is 0 Å². The van der Waals surface area contributed by atoms with E-state index < -0.39 is 33.9 Å². The molecular formula is C38H46N6O6S. The summed E-state index contributed by atoms with van der Waals surface area (Å²) in [6, 6.07) is 18.8. The lowest BCUT2D eigenvalue weighted by Crippen LogP contribution is -2.41. The molecule has 12 nitrogen and oxygen atoms in total. The summed E-state index contributed by atoms with van der Waals surface area (Å²) in [7, 11) is -2.52. The van der Waals surface area contributed by atoms with Crippen molar-refractivity contribution in [3.8, 4) is 16.9 Å². The van der Waals surface area contributed by atoms with Gasteiger partial charge in [0.15, 0.2) is 5.75 Å². The topological polar surface area (TPSA) is 142 Å². The zero-order valence-electron chi connectivity index (χ0n) is 29.8. The van der Waals surface area contributed by atoms with Crippen LogP contribution in [0.5, 0.6) is 5.75 Å². The van der Waals surface area contributed by atoms with Gasteiger partial charge in [0, 0.05) is 42.8 Å². The summed E-state index contributed by atoms with van der Waals surface area (Å²) >= 11 is 0. The fraction of sp³-hybridized carbons (Fsp3) is 0.395. The van der Waals surface area contributed by atoms with E-state index in [-0.39, 0.29) is 23.2 Å². The van der Waals surface area contributed by atoms with Crippen LogP contribution in [0.3, 0.4) is 0 Å². The molecule has 6 rings (SSSR count). The average molecular weight is 715 g/mol. The van der Waals surface area contributed by atoms with Crippen LogP contribution in [0.4, 0.5) is 21.9 Å². The molecule has 0 atom stereocenters. The summed E-state index contributed by atoms with van der Waals surface area (Å²) in [5.41, 5.74) is 4.26. The van der Waals surface area contributed by atoms with Gasteiger partial charge in [0.2, 0.25) is 15.9 Å². The van der Waals surface area contributed by atoms with E-state index in [9.17, 15) is 18.0 Å². The number of pyridine rings is 1. The molecule has 0 unspecified atom stereocenters. The van der Waals surface area contributed by atoms with Crippen LogP contribution in [0.1, 0.15) is 44.9 Å². The number of sulfonamides is 1. The highest BCUT2D eigenvalue weighted by Gasteiger charge is 2.31. The molecule has 0 radical (unpaired) electrons. The molecule has 3 aromatic carbocycles. The third kappa shape index (κ3) is 8.78. The van der Waals surface area contributed by atoms with Crippen LogP contribution in [0.25, 0.3) is 21.9 Å². The van der Waals surface area contributed by atoms with E-state index >= 15 is 0 Å². The van der Waals surface area contributed by atoms with Gasteiger partial charge in [-0.1, -0.05) is 57.2 Å². The second-order valence-electron chi connectivity index (χ2n) is 14.1. The van der Waals surface area contributed by atoms with E-state index in [0.717, 1.165) is 89.4 Å². The van der Waals surface area contributed by atoms with Gasteiger partial charge in [0.05, 0.1) is 49.3 Å². The number of anilines is 3. The van der Waals surface area contributed by atoms with Crippen LogP contribution >= 0.6 is 0 Å². The Labute approximate surface area is 299 Å². The Morgan fingerprint density at radius 3 is 2.31 bits per heavy atom. The molecule has 1 aliphatic heterocycles.